The molecule has 1 heterocycles. The molecular weight excluding hydrogens is 380 g/mol. The van der Waals surface area contributed by atoms with E-state index in [1.54, 1.807) is 32.0 Å². The Balaban J connectivity index is 1.91. The predicted octanol–water partition coefficient (Wildman–Crippen LogP) is 5.08. The minimum Gasteiger partial charge on any atom is -0.452 e. The Labute approximate surface area is 176 Å². The summed E-state index contributed by atoms with van der Waals surface area (Å²) in [6, 6.07) is 22.5. The van der Waals surface area contributed by atoms with Gasteiger partial charge in [-0.05, 0) is 23.3 Å². The summed E-state index contributed by atoms with van der Waals surface area (Å²) in [6.07, 6.45) is 0. The normalized spacial score (nSPS) is 22.5. The highest BCUT2D eigenvalue weighted by atomic mass is 16.8. The van der Waals surface area contributed by atoms with Crippen molar-refractivity contribution < 1.29 is 23.7 Å². The highest BCUT2D eigenvalue weighted by Gasteiger charge is 2.54. The Morgan fingerprint density at radius 3 is 1.80 bits per heavy atom. The van der Waals surface area contributed by atoms with E-state index in [0.717, 1.165) is 11.1 Å². The summed E-state index contributed by atoms with van der Waals surface area (Å²) in [5.74, 6) is -1.56. The first-order chi connectivity index (χ1) is 14.4. The van der Waals surface area contributed by atoms with E-state index in [0.29, 0.717) is 22.6 Å². The molecule has 3 aromatic rings. The summed E-state index contributed by atoms with van der Waals surface area (Å²) < 4.78 is 23.5. The molecule has 0 N–H and O–H groups in total. The van der Waals surface area contributed by atoms with Crippen molar-refractivity contribution in [3.63, 3.8) is 0 Å². The van der Waals surface area contributed by atoms with Crippen molar-refractivity contribution in [2.24, 2.45) is 0 Å². The van der Waals surface area contributed by atoms with Crippen LogP contribution in [0.3, 0.4) is 0 Å². The number of hydrogen-bond acceptors (Lipinski definition) is 5. The number of carbonyl (C=O) groups is 1. The first-order valence-electron chi connectivity index (χ1n) is 9.72. The van der Waals surface area contributed by atoms with Gasteiger partial charge in [0.25, 0.3) is 11.6 Å². The fourth-order valence-corrected chi connectivity index (χ4v) is 3.57. The quantitative estimate of drug-likeness (QED) is 0.555. The van der Waals surface area contributed by atoms with Gasteiger partial charge in [0.2, 0.25) is 0 Å². The summed E-state index contributed by atoms with van der Waals surface area (Å²) in [5, 5.41) is 0. The molecule has 30 heavy (non-hydrogen) atoms. The zero-order valence-corrected chi connectivity index (χ0v) is 17.5. The van der Waals surface area contributed by atoms with Crippen LogP contribution in [-0.2, 0) is 9.47 Å². The second kappa shape index (κ2) is 7.59. The third-order valence-electron chi connectivity index (χ3n) is 5.66. The topological polar surface area (TPSA) is 54.0 Å². The summed E-state index contributed by atoms with van der Waals surface area (Å²) in [6.45, 7) is 3.49. The van der Waals surface area contributed by atoms with Gasteiger partial charge in [0.1, 0.15) is 0 Å². The smallest absolute Gasteiger partial charge is 0.273 e. The molecule has 5 nitrogen and oxygen atoms in total. The number of rotatable bonds is 5. The second-order valence-electron chi connectivity index (χ2n) is 7.41. The van der Waals surface area contributed by atoms with Crippen LogP contribution in [0.1, 0.15) is 29.8 Å². The Bertz CT molecular complexity index is 1060. The van der Waals surface area contributed by atoms with Gasteiger partial charge in [0.15, 0.2) is 17.3 Å². The van der Waals surface area contributed by atoms with Crippen LogP contribution < -0.4 is 9.47 Å². The van der Waals surface area contributed by atoms with E-state index < -0.39 is 11.6 Å². The van der Waals surface area contributed by atoms with Gasteiger partial charge in [-0.3, -0.25) is 4.79 Å². The molecule has 0 unspecified atom stereocenters. The highest BCUT2D eigenvalue weighted by molar-refractivity contribution is 6.13. The zero-order chi connectivity index (χ0) is 21.4. The van der Waals surface area contributed by atoms with Crippen LogP contribution in [0, 0.1) is 0 Å². The maximum atomic E-state index is 13.4. The highest BCUT2D eigenvalue weighted by Crippen LogP contribution is 2.47. The lowest BCUT2D eigenvalue weighted by atomic mass is 9.92. The van der Waals surface area contributed by atoms with Crippen molar-refractivity contribution in [1.29, 1.82) is 0 Å². The average molecular weight is 404 g/mol. The average Bonchev–Trinajstić information content (AvgIpc) is 2.79. The van der Waals surface area contributed by atoms with Crippen molar-refractivity contribution in [3.8, 4) is 22.6 Å². The van der Waals surface area contributed by atoms with Gasteiger partial charge in [0.05, 0.1) is 0 Å². The molecule has 0 radical (unpaired) electrons. The van der Waals surface area contributed by atoms with Gasteiger partial charge in [0, 0.05) is 39.2 Å². The number of ketones is 1. The monoisotopic (exact) mass is 404 g/mol. The predicted molar refractivity (Wildman–Crippen MR) is 114 cm³/mol. The molecule has 0 aromatic heterocycles. The van der Waals surface area contributed by atoms with Crippen LogP contribution >= 0.6 is 0 Å². The largest absolute Gasteiger partial charge is 0.452 e. The third-order valence-corrected chi connectivity index (χ3v) is 5.66. The van der Waals surface area contributed by atoms with Crippen molar-refractivity contribution >= 4 is 5.78 Å². The van der Waals surface area contributed by atoms with Gasteiger partial charge in [-0.2, -0.15) is 0 Å². The second-order valence-corrected chi connectivity index (χ2v) is 7.41. The molecular formula is C25H24O5. The summed E-state index contributed by atoms with van der Waals surface area (Å²) in [5.41, 5.74) is 2.78. The van der Waals surface area contributed by atoms with Crippen LogP contribution in [-0.4, -0.2) is 31.6 Å². The Kier molecular flexibility index (Phi) is 5.10. The van der Waals surface area contributed by atoms with E-state index in [1.165, 1.54) is 14.2 Å². The minimum absolute atomic E-state index is 0.0972. The van der Waals surface area contributed by atoms with Crippen molar-refractivity contribution in [2.45, 2.75) is 25.4 Å². The molecule has 0 saturated carbocycles. The number of carbonyl (C=O) groups excluding carboxylic acids is 1. The number of ether oxygens (including phenoxy) is 4. The lowest BCUT2D eigenvalue weighted by Gasteiger charge is -2.46. The van der Waals surface area contributed by atoms with E-state index in [4.69, 9.17) is 18.9 Å². The molecule has 1 aliphatic rings. The van der Waals surface area contributed by atoms with E-state index >= 15 is 0 Å². The molecule has 3 aromatic carbocycles. The summed E-state index contributed by atoms with van der Waals surface area (Å²) in [7, 11) is 3.07. The first kappa shape index (κ1) is 20.1. The maximum absolute atomic E-state index is 13.4. The minimum atomic E-state index is -1.20. The van der Waals surface area contributed by atoms with E-state index in [9.17, 15) is 4.79 Å². The van der Waals surface area contributed by atoms with Crippen molar-refractivity contribution in [2.75, 3.05) is 14.2 Å². The Morgan fingerprint density at radius 1 is 0.767 bits per heavy atom. The summed E-state index contributed by atoms with van der Waals surface area (Å²) >= 11 is 0. The molecule has 4 rings (SSSR count). The SMILES string of the molecule is CO[C@]1(C)Oc2cc(C(=O)c3ccccc3)c(-c3ccccc3)cc2O[C@@]1(C)OC. The van der Waals surface area contributed by atoms with E-state index in [1.807, 2.05) is 54.6 Å². The van der Waals surface area contributed by atoms with Crippen LogP contribution in [0.5, 0.6) is 11.5 Å². The van der Waals surface area contributed by atoms with E-state index in [-0.39, 0.29) is 5.78 Å². The zero-order valence-electron chi connectivity index (χ0n) is 17.5. The van der Waals surface area contributed by atoms with Gasteiger partial charge in [-0.25, -0.2) is 0 Å². The number of benzene rings is 3. The molecule has 0 fully saturated rings. The van der Waals surface area contributed by atoms with E-state index in [2.05, 4.69) is 0 Å². The first-order valence-corrected chi connectivity index (χ1v) is 9.72. The van der Waals surface area contributed by atoms with Gasteiger partial charge < -0.3 is 18.9 Å². The molecule has 0 spiro atoms. The number of hydrogen-bond donors (Lipinski definition) is 0. The fourth-order valence-electron chi connectivity index (χ4n) is 3.57. The molecule has 0 amide bonds. The molecule has 0 bridgehead atoms. The molecule has 0 saturated heterocycles. The van der Waals surface area contributed by atoms with Crippen LogP contribution in [0.15, 0.2) is 72.8 Å². The van der Waals surface area contributed by atoms with Crippen LogP contribution in [0.2, 0.25) is 0 Å². The van der Waals surface area contributed by atoms with Crippen molar-refractivity contribution in [1.82, 2.24) is 0 Å². The maximum Gasteiger partial charge on any atom is 0.273 e. The molecule has 2 atom stereocenters. The number of methoxy groups -OCH3 is 2. The Morgan fingerprint density at radius 2 is 1.27 bits per heavy atom. The molecule has 154 valence electrons. The van der Waals surface area contributed by atoms with Crippen LogP contribution in [0.25, 0.3) is 11.1 Å². The number of fused-ring (bicyclic) bond motifs is 1. The molecule has 0 aliphatic carbocycles. The van der Waals surface area contributed by atoms with Gasteiger partial charge in [-0.1, -0.05) is 60.7 Å². The van der Waals surface area contributed by atoms with Gasteiger partial charge in [-0.15, -0.1) is 0 Å². The lowest BCUT2D eigenvalue weighted by Crippen LogP contribution is -2.62. The molecule has 5 heteroatoms. The van der Waals surface area contributed by atoms with Crippen LogP contribution in [0.4, 0.5) is 0 Å². The molecule has 1 aliphatic heterocycles. The van der Waals surface area contributed by atoms with Crippen molar-refractivity contribution in [3.05, 3.63) is 83.9 Å². The standard InChI is InChI=1S/C25H24O5/c1-24(27-3)25(2,28-4)30-22-16-20(23(26)18-13-9-6-10-14-18)19(15-21(22)29-24)17-11-7-5-8-12-17/h5-16H,1-4H3/t24-,25-/m1/s1. The third kappa shape index (κ3) is 3.26. The fraction of sp³-hybridized carbons (Fsp3) is 0.240. The summed E-state index contributed by atoms with van der Waals surface area (Å²) in [4.78, 5) is 13.4. The lowest BCUT2D eigenvalue weighted by molar-refractivity contribution is -0.345. The Hall–Kier alpha value is -3.15. The van der Waals surface area contributed by atoms with Gasteiger partial charge >= 0.3 is 0 Å².